The number of hydrogen-bond donors (Lipinski definition) is 3. The molecule has 1 rings (SSSR count). The van der Waals surface area contributed by atoms with Gasteiger partial charge in [-0.25, -0.2) is 10.6 Å². The molecule has 0 saturated carbocycles. The summed E-state index contributed by atoms with van der Waals surface area (Å²) in [7, 11) is 0. The van der Waals surface area contributed by atoms with E-state index in [4.69, 9.17) is 5.84 Å². The van der Waals surface area contributed by atoms with Crippen molar-refractivity contribution in [3.63, 3.8) is 0 Å². The third-order valence-corrected chi connectivity index (χ3v) is 0.734. The van der Waals surface area contributed by atoms with Crippen molar-refractivity contribution in [2.45, 2.75) is 0 Å². The Morgan fingerprint density at radius 2 is 2.67 bits per heavy atom. The first-order valence-corrected chi connectivity index (χ1v) is 2.23. The average molecular weight is 130 g/mol. The molecule has 0 aromatic carbocycles. The largest absolute Gasteiger partial charge is 0.384 e. The van der Waals surface area contributed by atoms with Crippen LogP contribution in [0.15, 0.2) is 12.5 Å². The van der Waals surface area contributed by atoms with E-state index in [0.29, 0.717) is 0 Å². The number of rotatable bonds is 0. The van der Waals surface area contributed by atoms with Gasteiger partial charge in [-0.3, -0.25) is 10.9 Å². The molecule has 0 saturated heterocycles. The maximum Gasteiger partial charge on any atom is 0.384 e. The molecule has 0 bridgehead atoms. The predicted octanol–water partition coefficient (Wildman–Crippen LogP) is -1.21. The molecule has 4 N–H and O–H groups in total. The van der Waals surface area contributed by atoms with Gasteiger partial charge >= 0.3 is 6.03 Å². The number of nitrogens with one attached hydrogen (secondary N) is 2. The Morgan fingerprint density at radius 3 is 3.11 bits per heavy atom. The number of carbonyl (C=O) groups excluding carboxylic acids is 1. The van der Waals surface area contributed by atoms with Crippen molar-refractivity contribution in [1.29, 1.82) is 0 Å². The number of hydroxylamine groups is 1. The van der Waals surface area contributed by atoms with Gasteiger partial charge < -0.3 is 4.84 Å². The van der Waals surface area contributed by atoms with Crippen molar-refractivity contribution in [1.82, 2.24) is 16.0 Å². The monoisotopic (exact) mass is 130 g/mol. The minimum atomic E-state index is -0.556. The molecule has 50 valence electrons. The van der Waals surface area contributed by atoms with E-state index in [9.17, 15) is 4.79 Å². The van der Waals surface area contributed by atoms with Crippen molar-refractivity contribution in [3.05, 3.63) is 12.5 Å². The minimum absolute atomic E-state index is 0.556. The highest BCUT2D eigenvalue weighted by Crippen LogP contribution is 1.92. The average Bonchev–Trinajstić information content (AvgIpc) is 2.37. The predicted molar refractivity (Wildman–Crippen MR) is 27.9 cm³/mol. The van der Waals surface area contributed by atoms with Crippen LogP contribution in [0.5, 0.6) is 0 Å². The van der Waals surface area contributed by atoms with Crippen molar-refractivity contribution < 1.29 is 9.63 Å². The van der Waals surface area contributed by atoms with Gasteiger partial charge in [0, 0.05) is 0 Å². The van der Waals surface area contributed by atoms with E-state index in [1.54, 1.807) is 0 Å². The second-order valence-electron chi connectivity index (χ2n) is 1.28. The van der Waals surface area contributed by atoms with Crippen LogP contribution >= 0.6 is 0 Å². The van der Waals surface area contributed by atoms with Crippen molar-refractivity contribution >= 4 is 6.03 Å². The van der Waals surface area contributed by atoms with Gasteiger partial charge in [-0.1, -0.05) is 5.17 Å². The summed E-state index contributed by atoms with van der Waals surface area (Å²) < 4.78 is 0. The van der Waals surface area contributed by atoms with Crippen LogP contribution in [0.1, 0.15) is 0 Å². The normalized spacial score (nSPS) is 14.6. The fourth-order valence-electron chi connectivity index (χ4n) is 0.385. The molecule has 1 aliphatic rings. The van der Waals surface area contributed by atoms with Gasteiger partial charge in [-0.2, -0.15) is 0 Å². The van der Waals surface area contributed by atoms with Crippen LogP contribution in [0.3, 0.4) is 0 Å². The summed E-state index contributed by atoms with van der Waals surface area (Å²) in [4.78, 5) is 15.0. The maximum absolute atomic E-state index is 10.5. The third kappa shape index (κ3) is 1.03. The SMILES string of the molecule is NNC(=O)N1NC=CO1. The fourth-order valence-corrected chi connectivity index (χ4v) is 0.385. The lowest BCUT2D eigenvalue weighted by atomic mass is 11.0. The molecule has 1 heterocycles. The van der Waals surface area contributed by atoms with Crippen LogP contribution in [0.2, 0.25) is 0 Å². The number of hydrogen-bond acceptors (Lipinski definition) is 4. The molecule has 9 heavy (non-hydrogen) atoms. The Kier molecular flexibility index (Phi) is 1.41. The molecule has 6 heteroatoms. The van der Waals surface area contributed by atoms with Crippen LogP contribution < -0.4 is 16.7 Å². The zero-order valence-corrected chi connectivity index (χ0v) is 4.50. The number of hydrazine groups is 2. The van der Waals surface area contributed by atoms with E-state index in [1.807, 2.05) is 5.43 Å². The van der Waals surface area contributed by atoms with Crippen LogP contribution in [-0.4, -0.2) is 11.2 Å². The fraction of sp³-hybridized carbons (Fsp3) is 0. The van der Waals surface area contributed by atoms with E-state index >= 15 is 0 Å². The van der Waals surface area contributed by atoms with Gasteiger partial charge in [0.2, 0.25) is 0 Å². The smallest absolute Gasteiger partial charge is 0.361 e. The summed E-state index contributed by atoms with van der Waals surface area (Å²) >= 11 is 0. The van der Waals surface area contributed by atoms with Crippen LogP contribution in [0.25, 0.3) is 0 Å². The molecule has 0 fully saturated rings. The molecule has 2 amide bonds. The Bertz CT molecular complexity index is 137. The van der Waals surface area contributed by atoms with E-state index in [1.165, 1.54) is 12.5 Å². The quantitative estimate of drug-likeness (QED) is 0.218. The van der Waals surface area contributed by atoms with Gasteiger partial charge in [0.05, 0.1) is 6.20 Å². The first-order valence-electron chi connectivity index (χ1n) is 2.23. The van der Waals surface area contributed by atoms with E-state index < -0.39 is 6.03 Å². The molecular weight excluding hydrogens is 124 g/mol. The van der Waals surface area contributed by atoms with Crippen molar-refractivity contribution in [2.75, 3.05) is 0 Å². The highest BCUT2D eigenvalue weighted by molar-refractivity contribution is 5.72. The number of nitrogens with two attached hydrogens (primary N) is 1. The second kappa shape index (κ2) is 2.23. The third-order valence-electron chi connectivity index (χ3n) is 0.734. The molecule has 0 aromatic rings. The lowest BCUT2D eigenvalue weighted by Crippen LogP contribution is -2.45. The standard InChI is InChI=1S/C3H6N4O2/c4-6-3(8)7-5-1-2-9-7/h1-2,5H,4H2,(H,6,8). The van der Waals surface area contributed by atoms with Crippen LogP contribution in [-0.2, 0) is 4.84 Å². The lowest BCUT2D eigenvalue weighted by Gasteiger charge is -2.11. The van der Waals surface area contributed by atoms with Gasteiger partial charge in [0.15, 0.2) is 0 Å². The number of carbonyl (C=O) groups is 1. The topological polar surface area (TPSA) is 79.6 Å². The molecular formula is C3H6N4O2. The zero-order chi connectivity index (χ0) is 6.69. The second-order valence-corrected chi connectivity index (χ2v) is 1.28. The molecule has 6 nitrogen and oxygen atoms in total. The number of amides is 2. The van der Waals surface area contributed by atoms with Gasteiger partial charge in [0.1, 0.15) is 6.26 Å². The molecule has 0 radical (unpaired) electrons. The summed E-state index contributed by atoms with van der Waals surface area (Å²) in [5.74, 6) is 4.76. The first kappa shape index (κ1) is 5.70. The summed E-state index contributed by atoms with van der Waals surface area (Å²) in [6.45, 7) is 0. The molecule has 0 aliphatic carbocycles. The zero-order valence-electron chi connectivity index (χ0n) is 4.50. The Morgan fingerprint density at radius 1 is 1.89 bits per heavy atom. The number of nitrogens with zero attached hydrogens (tertiary/aromatic N) is 1. The van der Waals surface area contributed by atoms with Gasteiger partial charge in [-0.05, 0) is 0 Å². The summed E-state index contributed by atoms with van der Waals surface area (Å²) in [6.07, 6.45) is 2.77. The lowest BCUT2D eigenvalue weighted by molar-refractivity contribution is -0.0645. The van der Waals surface area contributed by atoms with E-state index in [2.05, 4.69) is 10.3 Å². The van der Waals surface area contributed by atoms with Crippen molar-refractivity contribution in [2.24, 2.45) is 5.84 Å². The van der Waals surface area contributed by atoms with Crippen molar-refractivity contribution in [3.8, 4) is 0 Å². The highest BCUT2D eigenvalue weighted by atomic mass is 16.7. The van der Waals surface area contributed by atoms with Crippen LogP contribution in [0, 0.1) is 0 Å². The van der Waals surface area contributed by atoms with E-state index in [-0.39, 0.29) is 0 Å². The van der Waals surface area contributed by atoms with Gasteiger partial charge in [0.25, 0.3) is 0 Å². The summed E-state index contributed by atoms with van der Waals surface area (Å²) in [5, 5.41) is 0.847. The molecule has 0 unspecified atom stereocenters. The van der Waals surface area contributed by atoms with Gasteiger partial charge in [-0.15, -0.1) is 0 Å². The Balaban J connectivity index is 2.36. The first-order chi connectivity index (χ1) is 4.34. The van der Waals surface area contributed by atoms with Crippen LogP contribution in [0.4, 0.5) is 4.79 Å². The summed E-state index contributed by atoms with van der Waals surface area (Å²) in [5.41, 5.74) is 4.31. The Hall–Kier alpha value is -1.43. The number of urea groups is 1. The highest BCUT2D eigenvalue weighted by Gasteiger charge is 2.13. The molecule has 0 atom stereocenters. The Labute approximate surface area is 51.1 Å². The molecule has 1 aliphatic heterocycles. The molecule has 0 spiro atoms. The minimum Gasteiger partial charge on any atom is -0.361 e. The summed E-state index contributed by atoms with van der Waals surface area (Å²) in [6, 6.07) is -0.556. The molecule has 0 aromatic heterocycles. The maximum atomic E-state index is 10.5. The van der Waals surface area contributed by atoms with E-state index in [0.717, 1.165) is 5.17 Å².